The Labute approximate surface area is 208 Å². The molecule has 0 fully saturated rings. The highest BCUT2D eigenvalue weighted by atomic mass is 35.5. The summed E-state index contributed by atoms with van der Waals surface area (Å²) >= 11 is 18.5. The third-order valence-corrected chi connectivity index (χ3v) is 5.78. The monoisotopic (exact) mass is 507 g/mol. The topological polar surface area (TPSA) is 69.4 Å². The number of aryl methyl sites for hydroxylation is 1. The number of rotatable bonds is 9. The van der Waals surface area contributed by atoms with Crippen molar-refractivity contribution >= 4 is 46.6 Å². The van der Waals surface area contributed by atoms with Gasteiger partial charge in [-0.3, -0.25) is 9.59 Å². The van der Waals surface area contributed by atoms with Crippen molar-refractivity contribution < 1.29 is 18.7 Å². The van der Waals surface area contributed by atoms with Crippen LogP contribution in [0.25, 0.3) is 11.5 Å². The van der Waals surface area contributed by atoms with Crippen LogP contribution in [-0.2, 0) is 11.2 Å². The zero-order valence-electron chi connectivity index (χ0n) is 18.6. The number of ketones is 1. The molecule has 33 heavy (non-hydrogen) atoms. The van der Waals surface area contributed by atoms with Crippen LogP contribution in [0.15, 0.2) is 40.8 Å². The second-order valence-corrected chi connectivity index (χ2v) is 9.15. The highest BCUT2D eigenvalue weighted by molar-refractivity contribution is 6.36. The first-order chi connectivity index (χ1) is 15.7. The number of benzene rings is 2. The molecule has 0 aliphatic heterocycles. The van der Waals surface area contributed by atoms with Crippen LogP contribution in [0.2, 0.25) is 15.1 Å². The molecular weight excluding hydrogens is 485 g/mol. The highest BCUT2D eigenvalue weighted by Crippen LogP contribution is 2.34. The molecule has 0 aliphatic rings. The van der Waals surface area contributed by atoms with Crippen LogP contribution in [-0.4, -0.2) is 16.7 Å². The standard InChI is InChI=1S/C25H24Cl3NO4/c1-4-5-23(31)32-22-11-6-15(12-19(22)28)21(30)10-9-20-24(14(2)3)33-25(29-20)17-8-7-16(26)13-18(17)27/h6-8,11-14H,4-5,9-10H2,1-3H3. The van der Waals surface area contributed by atoms with Crippen LogP contribution < -0.4 is 4.74 Å². The zero-order valence-corrected chi connectivity index (χ0v) is 20.9. The van der Waals surface area contributed by atoms with E-state index in [1.54, 1.807) is 30.3 Å². The number of esters is 1. The average molecular weight is 509 g/mol. The molecule has 0 saturated carbocycles. The summed E-state index contributed by atoms with van der Waals surface area (Å²) in [7, 11) is 0. The van der Waals surface area contributed by atoms with Gasteiger partial charge in [0.2, 0.25) is 5.89 Å². The molecule has 0 N–H and O–H groups in total. The van der Waals surface area contributed by atoms with Crippen molar-refractivity contribution in [2.75, 3.05) is 0 Å². The van der Waals surface area contributed by atoms with E-state index < -0.39 is 0 Å². The number of oxazole rings is 1. The fraction of sp³-hybridized carbons (Fsp3) is 0.320. The van der Waals surface area contributed by atoms with Gasteiger partial charge in [-0.25, -0.2) is 4.98 Å². The fourth-order valence-electron chi connectivity index (χ4n) is 3.28. The first-order valence-electron chi connectivity index (χ1n) is 10.7. The summed E-state index contributed by atoms with van der Waals surface area (Å²) in [4.78, 5) is 29.1. The minimum Gasteiger partial charge on any atom is -0.441 e. The van der Waals surface area contributed by atoms with E-state index in [1.165, 1.54) is 6.07 Å². The normalized spacial score (nSPS) is 11.1. The molecule has 0 aliphatic carbocycles. The molecular formula is C25H24Cl3NO4. The second-order valence-electron chi connectivity index (χ2n) is 7.90. The fourth-order valence-corrected chi connectivity index (χ4v) is 3.99. The molecule has 1 heterocycles. The largest absolute Gasteiger partial charge is 0.441 e. The Morgan fingerprint density at radius 2 is 1.79 bits per heavy atom. The molecule has 5 nitrogen and oxygen atoms in total. The molecule has 2 aromatic carbocycles. The second kappa shape index (κ2) is 11.2. The molecule has 0 radical (unpaired) electrons. The zero-order chi connectivity index (χ0) is 24.1. The molecule has 3 rings (SSSR count). The Bertz CT molecular complexity index is 1170. The van der Waals surface area contributed by atoms with E-state index in [2.05, 4.69) is 4.98 Å². The van der Waals surface area contributed by atoms with Gasteiger partial charge in [0.05, 0.1) is 21.3 Å². The predicted octanol–water partition coefficient (Wildman–Crippen LogP) is 7.95. The quantitative estimate of drug-likeness (QED) is 0.167. The van der Waals surface area contributed by atoms with Gasteiger partial charge in [-0.1, -0.05) is 55.6 Å². The van der Waals surface area contributed by atoms with E-state index in [4.69, 9.17) is 44.0 Å². The lowest BCUT2D eigenvalue weighted by Gasteiger charge is -2.08. The Balaban J connectivity index is 1.75. The minimum atomic E-state index is -0.359. The summed E-state index contributed by atoms with van der Waals surface area (Å²) in [6.07, 6.45) is 1.59. The van der Waals surface area contributed by atoms with Crippen LogP contribution in [0.4, 0.5) is 0 Å². The van der Waals surface area contributed by atoms with Crippen molar-refractivity contribution in [1.82, 2.24) is 4.98 Å². The highest BCUT2D eigenvalue weighted by Gasteiger charge is 2.20. The third kappa shape index (κ3) is 6.38. The van der Waals surface area contributed by atoms with Crippen molar-refractivity contribution in [3.63, 3.8) is 0 Å². The van der Waals surface area contributed by atoms with Gasteiger partial charge in [0.1, 0.15) is 11.5 Å². The maximum Gasteiger partial charge on any atom is 0.311 e. The Morgan fingerprint density at radius 1 is 1.03 bits per heavy atom. The van der Waals surface area contributed by atoms with Gasteiger partial charge >= 0.3 is 5.97 Å². The van der Waals surface area contributed by atoms with E-state index in [9.17, 15) is 9.59 Å². The number of carbonyl (C=O) groups excluding carboxylic acids is 2. The molecule has 0 unspecified atom stereocenters. The molecule has 1 aromatic heterocycles. The maximum absolute atomic E-state index is 12.8. The van der Waals surface area contributed by atoms with E-state index in [1.807, 2.05) is 20.8 Å². The van der Waals surface area contributed by atoms with Gasteiger partial charge in [-0.05, 0) is 42.8 Å². The molecule has 0 saturated heterocycles. The lowest BCUT2D eigenvalue weighted by atomic mass is 10.0. The Morgan fingerprint density at radius 3 is 2.42 bits per heavy atom. The van der Waals surface area contributed by atoms with Gasteiger partial charge < -0.3 is 9.15 Å². The number of hydrogen-bond donors (Lipinski definition) is 0. The SMILES string of the molecule is CCCC(=O)Oc1ccc(C(=O)CCc2nc(-c3ccc(Cl)cc3Cl)oc2C(C)C)cc1Cl. The summed E-state index contributed by atoms with van der Waals surface area (Å²) in [5, 5.41) is 1.18. The predicted molar refractivity (Wildman–Crippen MR) is 131 cm³/mol. The number of Topliss-reactive ketones (excluding diaryl/α,β-unsaturated/α-hetero) is 1. The van der Waals surface area contributed by atoms with Crippen molar-refractivity contribution in [2.24, 2.45) is 0 Å². The number of carbonyl (C=O) groups is 2. The smallest absolute Gasteiger partial charge is 0.311 e. The lowest BCUT2D eigenvalue weighted by Crippen LogP contribution is -2.08. The van der Waals surface area contributed by atoms with Gasteiger partial charge in [0, 0.05) is 35.8 Å². The van der Waals surface area contributed by atoms with E-state index in [0.717, 1.165) is 0 Å². The summed E-state index contributed by atoms with van der Waals surface area (Å²) in [5.74, 6) is 0.960. The van der Waals surface area contributed by atoms with Crippen molar-refractivity contribution in [3.8, 4) is 17.2 Å². The van der Waals surface area contributed by atoms with Crippen LogP contribution >= 0.6 is 34.8 Å². The summed E-state index contributed by atoms with van der Waals surface area (Å²) in [5.41, 5.74) is 1.78. The van der Waals surface area contributed by atoms with Gasteiger partial charge in [-0.15, -0.1) is 0 Å². The maximum atomic E-state index is 12.8. The van der Waals surface area contributed by atoms with Gasteiger partial charge in [0.15, 0.2) is 5.78 Å². The van der Waals surface area contributed by atoms with Crippen molar-refractivity contribution in [3.05, 3.63) is 68.5 Å². The van der Waals surface area contributed by atoms with Crippen LogP contribution in [0.3, 0.4) is 0 Å². The third-order valence-electron chi connectivity index (χ3n) is 4.93. The number of aromatic nitrogens is 1. The molecule has 8 heteroatoms. The molecule has 0 amide bonds. The molecule has 0 bridgehead atoms. The average Bonchev–Trinajstić information content (AvgIpc) is 3.18. The minimum absolute atomic E-state index is 0.0777. The summed E-state index contributed by atoms with van der Waals surface area (Å²) < 4.78 is 11.2. The molecule has 0 spiro atoms. The van der Waals surface area contributed by atoms with Crippen LogP contribution in [0.1, 0.15) is 67.8 Å². The van der Waals surface area contributed by atoms with E-state index in [-0.39, 0.29) is 34.9 Å². The number of ether oxygens (including phenoxy) is 1. The lowest BCUT2D eigenvalue weighted by molar-refractivity contribution is -0.134. The number of halogens is 3. The van der Waals surface area contributed by atoms with Gasteiger partial charge in [-0.2, -0.15) is 0 Å². The van der Waals surface area contributed by atoms with Crippen LogP contribution in [0, 0.1) is 0 Å². The van der Waals surface area contributed by atoms with Crippen molar-refractivity contribution in [1.29, 1.82) is 0 Å². The molecule has 0 atom stereocenters. The van der Waals surface area contributed by atoms with Crippen LogP contribution in [0.5, 0.6) is 5.75 Å². The van der Waals surface area contributed by atoms with Crippen molar-refractivity contribution in [2.45, 2.75) is 52.4 Å². The number of nitrogens with zero attached hydrogens (tertiary/aromatic N) is 1. The van der Waals surface area contributed by atoms with Gasteiger partial charge in [0.25, 0.3) is 0 Å². The summed E-state index contributed by atoms with van der Waals surface area (Å²) in [6.45, 7) is 5.88. The molecule has 174 valence electrons. The number of hydrogen-bond acceptors (Lipinski definition) is 5. The summed E-state index contributed by atoms with van der Waals surface area (Å²) in [6, 6.07) is 9.77. The first-order valence-corrected chi connectivity index (χ1v) is 11.8. The van der Waals surface area contributed by atoms with E-state index >= 15 is 0 Å². The Hall–Kier alpha value is -2.34. The first kappa shape index (κ1) is 25.3. The van der Waals surface area contributed by atoms with E-state index in [0.29, 0.717) is 57.8 Å². The Kier molecular flexibility index (Phi) is 8.57. The molecule has 3 aromatic rings.